The van der Waals surface area contributed by atoms with Crippen LogP contribution in [0.2, 0.25) is 0 Å². The Morgan fingerprint density at radius 2 is 1.75 bits per heavy atom. The van der Waals surface area contributed by atoms with Crippen LogP contribution in [-0.4, -0.2) is 6.54 Å². The van der Waals surface area contributed by atoms with Gasteiger partial charge in [-0.05, 0) is 48.9 Å². The monoisotopic (exact) mass is 265 g/mol. The molecule has 1 aliphatic rings. The Hall–Kier alpha value is -1.60. The van der Waals surface area contributed by atoms with Crippen molar-refractivity contribution in [3.63, 3.8) is 0 Å². The highest BCUT2D eigenvalue weighted by molar-refractivity contribution is 5.35. The van der Waals surface area contributed by atoms with Gasteiger partial charge in [0.15, 0.2) is 0 Å². The maximum absolute atomic E-state index is 3.70. The van der Waals surface area contributed by atoms with E-state index in [1.165, 1.54) is 35.1 Å². The van der Waals surface area contributed by atoms with Gasteiger partial charge in [0.05, 0.1) is 0 Å². The van der Waals surface area contributed by atoms with Crippen LogP contribution >= 0.6 is 0 Å². The molecule has 1 aliphatic carbocycles. The molecule has 0 saturated carbocycles. The Morgan fingerprint density at radius 3 is 2.35 bits per heavy atom. The van der Waals surface area contributed by atoms with Crippen molar-refractivity contribution < 1.29 is 0 Å². The number of benzene rings is 2. The number of hydrogen-bond donors (Lipinski definition) is 1. The zero-order chi connectivity index (χ0) is 13.9. The fourth-order valence-electron chi connectivity index (χ4n) is 3.47. The van der Waals surface area contributed by atoms with E-state index in [9.17, 15) is 0 Å². The summed E-state index contributed by atoms with van der Waals surface area (Å²) < 4.78 is 0. The summed E-state index contributed by atoms with van der Waals surface area (Å²) in [7, 11) is 0. The standard InChI is InChI=1S/C19H23N/c1-3-20-19(17-10-6-7-14(2)11-17)18-12-15-8-4-5-9-16(15)13-18/h4-11,18-20H,3,12-13H2,1-2H3. The van der Waals surface area contributed by atoms with Gasteiger partial charge in [0, 0.05) is 6.04 Å². The third kappa shape index (κ3) is 2.64. The topological polar surface area (TPSA) is 12.0 Å². The molecule has 0 saturated heterocycles. The van der Waals surface area contributed by atoms with Gasteiger partial charge in [-0.15, -0.1) is 0 Å². The third-order valence-electron chi connectivity index (χ3n) is 4.38. The average Bonchev–Trinajstić information content (AvgIpc) is 2.88. The van der Waals surface area contributed by atoms with Gasteiger partial charge >= 0.3 is 0 Å². The van der Waals surface area contributed by atoms with Crippen molar-refractivity contribution in [2.75, 3.05) is 6.54 Å². The van der Waals surface area contributed by atoms with Crippen molar-refractivity contribution in [3.05, 3.63) is 70.8 Å². The molecule has 1 nitrogen and oxygen atoms in total. The largest absolute Gasteiger partial charge is 0.310 e. The van der Waals surface area contributed by atoms with Crippen LogP contribution in [0.1, 0.15) is 35.2 Å². The summed E-state index contributed by atoms with van der Waals surface area (Å²) >= 11 is 0. The van der Waals surface area contributed by atoms with Gasteiger partial charge in [-0.25, -0.2) is 0 Å². The lowest BCUT2D eigenvalue weighted by Crippen LogP contribution is -2.28. The highest BCUT2D eigenvalue weighted by Crippen LogP contribution is 2.35. The first-order valence-electron chi connectivity index (χ1n) is 7.64. The van der Waals surface area contributed by atoms with Gasteiger partial charge in [0.2, 0.25) is 0 Å². The molecule has 1 heteroatoms. The summed E-state index contributed by atoms with van der Waals surface area (Å²) in [5.41, 5.74) is 5.85. The highest BCUT2D eigenvalue weighted by atomic mass is 14.9. The lowest BCUT2D eigenvalue weighted by Gasteiger charge is -2.25. The minimum atomic E-state index is 0.465. The second kappa shape index (κ2) is 5.80. The second-order valence-electron chi connectivity index (χ2n) is 5.89. The Labute approximate surface area is 122 Å². The van der Waals surface area contributed by atoms with Crippen molar-refractivity contribution in [1.29, 1.82) is 0 Å². The van der Waals surface area contributed by atoms with Gasteiger partial charge in [0.1, 0.15) is 0 Å². The first-order valence-corrected chi connectivity index (χ1v) is 7.64. The number of hydrogen-bond acceptors (Lipinski definition) is 1. The van der Waals surface area contributed by atoms with E-state index in [-0.39, 0.29) is 0 Å². The Kier molecular flexibility index (Phi) is 3.88. The van der Waals surface area contributed by atoms with Crippen LogP contribution in [-0.2, 0) is 12.8 Å². The fourth-order valence-corrected chi connectivity index (χ4v) is 3.47. The van der Waals surface area contributed by atoms with E-state index in [0.29, 0.717) is 12.0 Å². The molecule has 1 N–H and O–H groups in total. The molecule has 20 heavy (non-hydrogen) atoms. The summed E-state index contributed by atoms with van der Waals surface area (Å²) in [6.07, 6.45) is 2.39. The van der Waals surface area contributed by atoms with E-state index in [2.05, 4.69) is 67.7 Å². The first kappa shape index (κ1) is 13.4. The van der Waals surface area contributed by atoms with Crippen molar-refractivity contribution in [3.8, 4) is 0 Å². The Morgan fingerprint density at radius 1 is 1.05 bits per heavy atom. The maximum atomic E-state index is 3.70. The van der Waals surface area contributed by atoms with Gasteiger partial charge < -0.3 is 5.32 Å². The predicted octanol–water partition coefficient (Wildman–Crippen LogP) is 4.06. The van der Waals surface area contributed by atoms with Crippen LogP contribution in [0.5, 0.6) is 0 Å². The number of aryl methyl sites for hydroxylation is 1. The molecule has 2 aromatic rings. The normalized spacial score (nSPS) is 16.1. The van der Waals surface area contributed by atoms with Crippen LogP contribution < -0.4 is 5.32 Å². The second-order valence-corrected chi connectivity index (χ2v) is 5.89. The predicted molar refractivity (Wildman–Crippen MR) is 84.9 cm³/mol. The van der Waals surface area contributed by atoms with E-state index < -0.39 is 0 Å². The van der Waals surface area contributed by atoms with Crippen molar-refractivity contribution in [2.45, 2.75) is 32.7 Å². The molecule has 1 atom stereocenters. The van der Waals surface area contributed by atoms with Gasteiger partial charge in [-0.1, -0.05) is 61.0 Å². The quantitative estimate of drug-likeness (QED) is 0.879. The minimum absolute atomic E-state index is 0.465. The Bertz CT molecular complexity index is 563. The molecule has 0 spiro atoms. The molecule has 104 valence electrons. The number of fused-ring (bicyclic) bond motifs is 1. The van der Waals surface area contributed by atoms with Crippen LogP contribution in [0.15, 0.2) is 48.5 Å². The summed E-state index contributed by atoms with van der Waals surface area (Å²) in [6.45, 7) is 5.40. The molecule has 0 aliphatic heterocycles. The molecular weight excluding hydrogens is 242 g/mol. The molecule has 2 aromatic carbocycles. The molecule has 0 radical (unpaired) electrons. The van der Waals surface area contributed by atoms with E-state index in [0.717, 1.165) is 6.54 Å². The summed E-state index contributed by atoms with van der Waals surface area (Å²) in [6, 6.07) is 18.3. The van der Waals surface area contributed by atoms with Crippen molar-refractivity contribution >= 4 is 0 Å². The average molecular weight is 265 g/mol. The molecule has 3 rings (SSSR count). The van der Waals surface area contributed by atoms with E-state index in [4.69, 9.17) is 0 Å². The van der Waals surface area contributed by atoms with Gasteiger partial charge in [-0.2, -0.15) is 0 Å². The molecule has 0 aromatic heterocycles. The third-order valence-corrected chi connectivity index (χ3v) is 4.38. The zero-order valence-corrected chi connectivity index (χ0v) is 12.4. The first-order chi connectivity index (χ1) is 9.78. The SMILES string of the molecule is CCNC(c1cccc(C)c1)C1Cc2ccccc2C1. The van der Waals surface area contributed by atoms with E-state index in [1.54, 1.807) is 0 Å². The molecule has 0 amide bonds. The minimum Gasteiger partial charge on any atom is -0.310 e. The van der Waals surface area contributed by atoms with Crippen molar-refractivity contribution in [2.24, 2.45) is 5.92 Å². The van der Waals surface area contributed by atoms with Crippen LogP contribution in [0.3, 0.4) is 0 Å². The molecule has 0 fully saturated rings. The summed E-state index contributed by atoms with van der Waals surface area (Å²) in [5.74, 6) is 0.675. The van der Waals surface area contributed by atoms with E-state index in [1.807, 2.05) is 0 Å². The zero-order valence-electron chi connectivity index (χ0n) is 12.4. The number of rotatable bonds is 4. The van der Waals surface area contributed by atoms with Crippen LogP contribution in [0, 0.1) is 12.8 Å². The molecule has 0 heterocycles. The summed E-state index contributed by atoms with van der Waals surface area (Å²) in [4.78, 5) is 0. The fraction of sp³-hybridized carbons (Fsp3) is 0.368. The number of nitrogens with one attached hydrogen (secondary N) is 1. The van der Waals surface area contributed by atoms with Gasteiger partial charge in [0.25, 0.3) is 0 Å². The smallest absolute Gasteiger partial charge is 0.0355 e. The highest BCUT2D eigenvalue weighted by Gasteiger charge is 2.28. The van der Waals surface area contributed by atoms with E-state index >= 15 is 0 Å². The van der Waals surface area contributed by atoms with Crippen molar-refractivity contribution in [1.82, 2.24) is 5.32 Å². The maximum Gasteiger partial charge on any atom is 0.0355 e. The molecule has 1 unspecified atom stereocenters. The van der Waals surface area contributed by atoms with Crippen LogP contribution in [0.4, 0.5) is 0 Å². The lowest BCUT2D eigenvalue weighted by molar-refractivity contribution is 0.380. The molecule has 0 bridgehead atoms. The summed E-state index contributed by atoms with van der Waals surface area (Å²) in [5, 5.41) is 3.70. The van der Waals surface area contributed by atoms with Gasteiger partial charge in [-0.3, -0.25) is 0 Å². The lowest BCUT2D eigenvalue weighted by atomic mass is 9.90. The molecular formula is C19H23N. The Balaban J connectivity index is 1.86. The van der Waals surface area contributed by atoms with Crippen LogP contribution in [0.25, 0.3) is 0 Å².